The SMILES string of the molecule is Cc1cc(Cl)ccc1OCCCN=C(N)NC(C)C.I. The quantitative estimate of drug-likeness (QED) is 0.327. The van der Waals surface area contributed by atoms with Gasteiger partial charge in [-0.1, -0.05) is 11.6 Å². The first-order chi connectivity index (χ1) is 8.99. The Balaban J connectivity index is 0.00000361. The zero-order chi connectivity index (χ0) is 14.3. The lowest BCUT2D eigenvalue weighted by Gasteiger charge is -2.10. The Morgan fingerprint density at radius 2 is 2.15 bits per heavy atom. The van der Waals surface area contributed by atoms with Crippen LogP contribution in [-0.4, -0.2) is 25.2 Å². The van der Waals surface area contributed by atoms with Crippen LogP contribution in [-0.2, 0) is 0 Å². The molecule has 1 rings (SSSR count). The normalized spacial score (nSPS) is 11.2. The molecule has 0 aromatic heterocycles. The molecule has 0 saturated carbocycles. The van der Waals surface area contributed by atoms with Crippen LogP contribution in [0.4, 0.5) is 0 Å². The van der Waals surface area contributed by atoms with Crippen molar-refractivity contribution in [2.45, 2.75) is 33.2 Å². The highest BCUT2D eigenvalue weighted by molar-refractivity contribution is 14.0. The molecule has 0 heterocycles. The molecule has 1 aromatic rings. The topological polar surface area (TPSA) is 59.6 Å². The van der Waals surface area contributed by atoms with Crippen LogP contribution in [0.2, 0.25) is 5.02 Å². The second-order valence-electron chi connectivity index (χ2n) is 4.68. The van der Waals surface area contributed by atoms with E-state index in [0.717, 1.165) is 22.8 Å². The van der Waals surface area contributed by atoms with Gasteiger partial charge in [-0.25, -0.2) is 0 Å². The van der Waals surface area contributed by atoms with Gasteiger partial charge in [0.1, 0.15) is 5.75 Å². The fourth-order valence-corrected chi connectivity index (χ4v) is 1.79. The van der Waals surface area contributed by atoms with Gasteiger partial charge >= 0.3 is 0 Å². The maximum atomic E-state index is 5.88. The van der Waals surface area contributed by atoms with Gasteiger partial charge in [0.25, 0.3) is 0 Å². The largest absolute Gasteiger partial charge is 0.493 e. The van der Waals surface area contributed by atoms with Gasteiger partial charge in [0.15, 0.2) is 5.96 Å². The van der Waals surface area contributed by atoms with E-state index >= 15 is 0 Å². The van der Waals surface area contributed by atoms with Crippen LogP contribution in [0.15, 0.2) is 23.2 Å². The van der Waals surface area contributed by atoms with E-state index in [4.69, 9.17) is 22.1 Å². The summed E-state index contributed by atoms with van der Waals surface area (Å²) in [6.45, 7) is 7.28. The highest BCUT2D eigenvalue weighted by Crippen LogP contribution is 2.21. The number of ether oxygens (including phenoxy) is 1. The zero-order valence-corrected chi connectivity index (χ0v) is 15.2. The third kappa shape index (κ3) is 7.79. The fourth-order valence-electron chi connectivity index (χ4n) is 1.56. The number of rotatable bonds is 6. The first kappa shape index (κ1) is 19.3. The van der Waals surface area contributed by atoms with E-state index in [1.54, 1.807) is 0 Å². The monoisotopic (exact) mass is 411 g/mol. The van der Waals surface area contributed by atoms with Crippen molar-refractivity contribution >= 4 is 41.5 Å². The van der Waals surface area contributed by atoms with Crippen molar-refractivity contribution in [3.63, 3.8) is 0 Å². The second-order valence-corrected chi connectivity index (χ2v) is 5.11. The molecule has 0 amide bonds. The van der Waals surface area contributed by atoms with Crippen molar-refractivity contribution < 1.29 is 4.74 Å². The minimum atomic E-state index is 0. The average Bonchev–Trinajstić information content (AvgIpc) is 2.30. The lowest BCUT2D eigenvalue weighted by atomic mass is 10.2. The van der Waals surface area contributed by atoms with E-state index in [1.807, 2.05) is 39.0 Å². The minimum Gasteiger partial charge on any atom is -0.493 e. The molecule has 6 heteroatoms. The molecule has 3 N–H and O–H groups in total. The summed E-state index contributed by atoms with van der Waals surface area (Å²) in [6.07, 6.45) is 0.822. The second kappa shape index (κ2) is 10.1. The Bertz CT molecular complexity index is 438. The van der Waals surface area contributed by atoms with E-state index in [-0.39, 0.29) is 24.0 Å². The zero-order valence-electron chi connectivity index (χ0n) is 12.1. The Hall–Kier alpha value is -0.690. The number of nitrogens with one attached hydrogen (secondary N) is 1. The van der Waals surface area contributed by atoms with Crippen molar-refractivity contribution in [3.05, 3.63) is 28.8 Å². The highest BCUT2D eigenvalue weighted by Gasteiger charge is 2.00. The van der Waals surface area contributed by atoms with Crippen molar-refractivity contribution in [2.75, 3.05) is 13.2 Å². The maximum Gasteiger partial charge on any atom is 0.188 e. The number of nitrogens with zero attached hydrogens (tertiary/aromatic N) is 1. The van der Waals surface area contributed by atoms with E-state index in [9.17, 15) is 0 Å². The molecule has 0 spiro atoms. The lowest BCUT2D eigenvalue weighted by Crippen LogP contribution is -2.36. The van der Waals surface area contributed by atoms with Crippen molar-refractivity contribution in [1.82, 2.24) is 5.32 Å². The molecule has 20 heavy (non-hydrogen) atoms. The maximum absolute atomic E-state index is 5.88. The highest BCUT2D eigenvalue weighted by atomic mass is 127. The fraction of sp³-hybridized carbons (Fsp3) is 0.500. The van der Waals surface area contributed by atoms with Crippen LogP contribution in [0.1, 0.15) is 25.8 Å². The summed E-state index contributed by atoms with van der Waals surface area (Å²) < 4.78 is 5.67. The third-order valence-electron chi connectivity index (χ3n) is 2.42. The van der Waals surface area contributed by atoms with Crippen molar-refractivity contribution in [1.29, 1.82) is 0 Å². The number of hydrogen-bond acceptors (Lipinski definition) is 2. The smallest absolute Gasteiger partial charge is 0.188 e. The van der Waals surface area contributed by atoms with E-state index in [2.05, 4.69) is 10.3 Å². The van der Waals surface area contributed by atoms with Gasteiger partial charge < -0.3 is 15.8 Å². The number of aryl methyl sites for hydroxylation is 1. The molecule has 114 valence electrons. The van der Waals surface area contributed by atoms with Gasteiger partial charge in [0, 0.05) is 24.0 Å². The minimum absolute atomic E-state index is 0. The number of halogens is 2. The Kier molecular flexibility index (Phi) is 9.75. The summed E-state index contributed by atoms with van der Waals surface area (Å²) in [6, 6.07) is 5.90. The average molecular weight is 412 g/mol. The predicted molar refractivity (Wildman–Crippen MR) is 96.5 cm³/mol. The van der Waals surface area contributed by atoms with Gasteiger partial charge in [-0.05, 0) is 44.5 Å². The van der Waals surface area contributed by atoms with Crippen LogP contribution in [0, 0.1) is 6.92 Å². The number of nitrogens with two attached hydrogens (primary N) is 1. The van der Waals surface area contributed by atoms with Crippen LogP contribution < -0.4 is 15.8 Å². The molecule has 0 bridgehead atoms. The van der Waals surface area contributed by atoms with E-state index < -0.39 is 0 Å². The predicted octanol–water partition coefficient (Wildman–Crippen LogP) is 3.35. The van der Waals surface area contributed by atoms with Gasteiger partial charge in [0.05, 0.1) is 6.61 Å². The summed E-state index contributed by atoms with van der Waals surface area (Å²) in [5.41, 5.74) is 6.73. The van der Waals surface area contributed by atoms with Gasteiger partial charge in [-0.15, -0.1) is 24.0 Å². The molecule has 0 aliphatic heterocycles. The summed E-state index contributed by atoms with van der Waals surface area (Å²) in [7, 11) is 0. The molecular formula is C14H23ClIN3O. The molecule has 0 atom stereocenters. The van der Waals surface area contributed by atoms with Crippen LogP contribution in [0.5, 0.6) is 5.75 Å². The van der Waals surface area contributed by atoms with Crippen LogP contribution in [0.3, 0.4) is 0 Å². The van der Waals surface area contributed by atoms with E-state index in [1.165, 1.54) is 0 Å². The van der Waals surface area contributed by atoms with Crippen LogP contribution >= 0.6 is 35.6 Å². The molecule has 0 aliphatic carbocycles. The van der Waals surface area contributed by atoms with E-state index in [0.29, 0.717) is 25.2 Å². The summed E-state index contributed by atoms with van der Waals surface area (Å²) in [5, 5.41) is 3.76. The number of hydrogen-bond donors (Lipinski definition) is 2. The molecule has 0 fully saturated rings. The lowest BCUT2D eigenvalue weighted by molar-refractivity contribution is 0.311. The Morgan fingerprint density at radius 1 is 1.45 bits per heavy atom. The first-order valence-corrected chi connectivity index (χ1v) is 6.82. The first-order valence-electron chi connectivity index (χ1n) is 6.44. The number of benzene rings is 1. The molecule has 0 aliphatic rings. The number of guanidine groups is 1. The molecule has 0 saturated heterocycles. The molecule has 0 unspecified atom stereocenters. The Morgan fingerprint density at radius 3 is 2.75 bits per heavy atom. The summed E-state index contributed by atoms with van der Waals surface area (Å²) in [5.74, 6) is 1.35. The number of aliphatic imine (C=N–C) groups is 1. The summed E-state index contributed by atoms with van der Waals surface area (Å²) in [4.78, 5) is 4.21. The molecule has 0 radical (unpaired) electrons. The van der Waals surface area contributed by atoms with Crippen molar-refractivity contribution in [2.24, 2.45) is 10.7 Å². The summed E-state index contributed by atoms with van der Waals surface area (Å²) >= 11 is 5.88. The Labute approximate surface area is 143 Å². The van der Waals surface area contributed by atoms with Gasteiger partial charge in [0.2, 0.25) is 0 Å². The van der Waals surface area contributed by atoms with Crippen LogP contribution in [0.25, 0.3) is 0 Å². The van der Waals surface area contributed by atoms with Crippen molar-refractivity contribution in [3.8, 4) is 5.75 Å². The third-order valence-corrected chi connectivity index (χ3v) is 2.65. The standard InChI is InChI=1S/C14H22ClN3O.HI/c1-10(2)18-14(16)17-7-4-8-19-13-6-5-12(15)9-11(13)3;/h5-6,9-10H,4,7-8H2,1-3H3,(H3,16,17,18);1H. The molecule has 4 nitrogen and oxygen atoms in total. The van der Waals surface area contributed by atoms with Gasteiger partial charge in [-0.3, -0.25) is 4.99 Å². The molecule has 1 aromatic carbocycles. The van der Waals surface area contributed by atoms with Gasteiger partial charge in [-0.2, -0.15) is 0 Å². The molecular weight excluding hydrogens is 389 g/mol.